The summed E-state index contributed by atoms with van der Waals surface area (Å²) in [6, 6.07) is 4.89. The van der Waals surface area contributed by atoms with Crippen LogP contribution in [-0.4, -0.2) is 30.6 Å². The molecule has 172 valence electrons. The summed E-state index contributed by atoms with van der Waals surface area (Å²) in [7, 11) is -3.33. The Morgan fingerprint density at radius 1 is 1.31 bits per heavy atom. The zero-order valence-corrected chi connectivity index (χ0v) is 17.9. The molecule has 1 fully saturated rings. The summed E-state index contributed by atoms with van der Waals surface area (Å²) in [5, 5.41) is 10.9. The van der Waals surface area contributed by atoms with Gasteiger partial charge in [0.05, 0.1) is 16.3 Å². The first kappa shape index (κ1) is 23.8. The van der Waals surface area contributed by atoms with E-state index in [0.717, 1.165) is 22.9 Å². The number of hydrogen-bond donors (Lipinski definition) is 3. The number of carbonyl (C=O) groups is 1. The van der Waals surface area contributed by atoms with E-state index in [4.69, 9.17) is 16.9 Å². The molecule has 1 aromatic carbocycles. The van der Waals surface area contributed by atoms with Crippen LogP contribution in [0.15, 0.2) is 24.4 Å². The number of aryl methyl sites for hydroxylation is 1. The monoisotopic (exact) mass is 493 g/mol. The lowest BCUT2D eigenvalue weighted by molar-refractivity contribution is -0.212. The predicted molar refractivity (Wildman–Crippen MR) is 108 cm³/mol. The van der Waals surface area contributed by atoms with Crippen molar-refractivity contribution in [2.24, 2.45) is 7.05 Å². The molecule has 14 heteroatoms. The number of amides is 1. The van der Waals surface area contributed by atoms with Crippen molar-refractivity contribution in [3.05, 3.63) is 46.5 Å². The summed E-state index contributed by atoms with van der Waals surface area (Å²) in [4.78, 5) is 12.6. The van der Waals surface area contributed by atoms with Crippen LogP contribution in [0.3, 0.4) is 0 Å². The Morgan fingerprint density at radius 2 is 1.97 bits per heavy atom. The van der Waals surface area contributed by atoms with Gasteiger partial charge in [0.25, 0.3) is 16.1 Å². The summed E-state index contributed by atoms with van der Waals surface area (Å²) >= 11 is 6.12. The third-order valence-corrected chi connectivity index (χ3v) is 6.53. The molecule has 1 amide bonds. The van der Waals surface area contributed by atoms with E-state index >= 15 is 0 Å². The zero-order valence-electron chi connectivity index (χ0n) is 16.3. The van der Waals surface area contributed by atoms with Crippen LogP contribution in [-0.2, 0) is 17.3 Å². The first-order valence-corrected chi connectivity index (χ1v) is 10.9. The number of alkyl halides is 3. The molecule has 8 nitrogen and oxygen atoms in total. The number of anilines is 2. The van der Waals surface area contributed by atoms with E-state index in [0.29, 0.717) is 0 Å². The maximum Gasteiger partial charge on any atom is 0.407 e. The minimum absolute atomic E-state index is 0.0751. The predicted octanol–water partition coefficient (Wildman–Crippen LogP) is 3.67. The van der Waals surface area contributed by atoms with E-state index < -0.39 is 46.5 Å². The molecule has 1 aromatic heterocycles. The van der Waals surface area contributed by atoms with Crippen molar-refractivity contribution < 1.29 is 30.8 Å². The van der Waals surface area contributed by atoms with Gasteiger partial charge in [-0.05, 0) is 37.5 Å². The Balaban J connectivity index is 1.81. The number of nitrogens with one attached hydrogen (secondary N) is 3. The molecule has 1 heterocycles. The standard InChI is InChI=1S/C18H16ClF4N5O3S/c1-28-9-13(26-32(30,31)27-17(5-2-6-17)18(21,22)23)14(19)15(28)16(29)25-11-3-4-12(20)10(7-11)8-24/h3-4,7,9,26-27H,2,5-6H2,1H3,(H,25,29). The van der Waals surface area contributed by atoms with Crippen molar-refractivity contribution in [1.82, 2.24) is 9.29 Å². The van der Waals surface area contributed by atoms with Gasteiger partial charge in [-0.2, -0.15) is 31.6 Å². The van der Waals surface area contributed by atoms with Gasteiger partial charge in [0.15, 0.2) is 0 Å². The van der Waals surface area contributed by atoms with Crippen LogP contribution < -0.4 is 14.8 Å². The molecule has 1 saturated carbocycles. The molecule has 3 rings (SSSR count). The van der Waals surface area contributed by atoms with E-state index in [1.165, 1.54) is 13.1 Å². The number of benzene rings is 1. The number of aromatic nitrogens is 1. The minimum Gasteiger partial charge on any atom is -0.343 e. The van der Waals surface area contributed by atoms with Crippen molar-refractivity contribution in [1.29, 1.82) is 5.26 Å². The quantitative estimate of drug-likeness (QED) is 0.532. The molecule has 0 saturated heterocycles. The lowest BCUT2D eigenvalue weighted by atomic mass is 9.77. The van der Waals surface area contributed by atoms with Gasteiger partial charge in [-0.1, -0.05) is 11.6 Å². The highest BCUT2D eigenvalue weighted by atomic mass is 35.5. The molecule has 0 unspecified atom stereocenters. The van der Waals surface area contributed by atoms with Gasteiger partial charge in [0.1, 0.15) is 23.1 Å². The molecule has 1 aliphatic rings. The van der Waals surface area contributed by atoms with Gasteiger partial charge >= 0.3 is 6.18 Å². The van der Waals surface area contributed by atoms with Gasteiger partial charge in [0.2, 0.25) is 0 Å². The summed E-state index contributed by atoms with van der Waals surface area (Å²) in [5.74, 6) is -1.60. The molecular formula is C18H16ClF4N5O3S. The van der Waals surface area contributed by atoms with Gasteiger partial charge in [0, 0.05) is 18.9 Å². The highest BCUT2D eigenvalue weighted by Gasteiger charge is 2.60. The minimum atomic E-state index is -4.77. The summed E-state index contributed by atoms with van der Waals surface area (Å²) in [5.41, 5.74) is -3.33. The highest BCUT2D eigenvalue weighted by molar-refractivity contribution is 7.90. The van der Waals surface area contributed by atoms with Gasteiger partial charge in [-0.3, -0.25) is 9.52 Å². The smallest absolute Gasteiger partial charge is 0.343 e. The van der Waals surface area contributed by atoms with Crippen molar-refractivity contribution in [3.8, 4) is 6.07 Å². The largest absolute Gasteiger partial charge is 0.407 e. The number of halogens is 5. The van der Waals surface area contributed by atoms with Crippen molar-refractivity contribution in [3.63, 3.8) is 0 Å². The molecule has 0 radical (unpaired) electrons. The first-order chi connectivity index (χ1) is 14.8. The number of rotatable bonds is 6. The Kier molecular flexibility index (Phi) is 6.16. The fraction of sp³-hybridized carbons (Fsp3) is 0.333. The third kappa shape index (κ3) is 4.52. The molecule has 2 aromatic rings. The van der Waals surface area contributed by atoms with E-state index in [2.05, 4.69) is 5.32 Å². The van der Waals surface area contributed by atoms with Crippen LogP contribution in [0.1, 0.15) is 35.3 Å². The summed E-state index contributed by atoms with van der Waals surface area (Å²) < 4.78 is 82.7. The van der Waals surface area contributed by atoms with Crippen LogP contribution in [0.25, 0.3) is 0 Å². The van der Waals surface area contributed by atoms with Crippen molar-refractivity contribution in [2.75, 3.05) is 10.0 Å². The second-order valence-corrected chi connectivity index (χ2v) is 9.01. The molecule has 0 atom stereocenters. The van der Waals surface area contributed by atoms with Crippen molar-refractivity contribution in [2.45, 2.75) is 31.0 Å². The topological polar surface area (TPSA) is 116 Å². The Labute approximate surface area is 185 Å². The van der Waals surface area contributed by atoms with E-state index in [9.17, 15) is 30.8 Å². The third-order valence-electron chi connectivity index (χ3n) is 5.00. The maximum absolute atomic E-state index is 13.4. The van der Waals surface area contributed by atoms with Crippen molar-refractivity contribution >= 4 is 39.1 Å². The van der Waals surface area contributed by atoms with Crippen LogP contribution >= 0.6 is 11.6 Å². The Bertz CT molecular complexity index is 1220. The Morgan fingerprint density at radius 3 is 2.50 bits per heavy atom. The molecule has 1 aliphatic carbocycles. The summed E-state index contributed by atoms with van der Waals surface area (Å²) in [6.07, 6.45) is -4.23. The summed E-state index contributed by atoms with van der Waals surface area (Å²) in [6.45, 7) is 0. The van der Waals surface area contributed by atoms with Gasteiger partial charge < -0.3 is 9.88 Å². The second kappa shape index (κ2) is 8.27. The molecule has 3 N–H and O–H groups in total. The second-order valence-electron chi connectivity index (χ2n) is 7.22. The Hall–Kier alpha value is -2.82. The normalized spacial score (nSPS) is 15.5. The van der Waals surface area contributed by atoms with Gasteiger partial charge in [-0.25, -0.2) is 4.39 Å². The SMILES string of the molecule is Cn1cc(NS(=O)(=O)NC2(C(F)(F)F)CCC2)c(Cl)c1C(=O)Nc1ccc(F)c(C#N)c1. The first-order valence-electron chi connectivity index (χ1n) is 9.03. The number of carbonyl (C=O) groups excluding carboxylic acids is 1. The number of nitriles is 1. The van der Waals surface area contributed by atoms with Crippen LogP contribution in [0.2, 0.25) is 5.02 Å². The lowest BCUT2D eigenvalue weighted by Gasteiger charge is -2.42. The van der Waals surface area contributed by atoms with E-state index in [1.54, 1.807) is 10.8 Å². The van der Waals surface area contributed by atoms with Crippen LogP contribution in [0, 0.1) is 17.1 Å². The zero-order chi connectivity index (χ0) is 23.9. The maximum atomic E-state index is 13.4. The average molecular weight is 494 g/mol. The fourth-order valence-electron chi connectivity index (χ4n) is 3.21. The molecule has 0 bridgehead atoms. The average Bonchev–Trinajstić information content (AvgIpc) is 2.91. The van der Waals surface area contributed by atoms with Crippen LogP contribution in [0.4, 0.5) is 28.9 Å². The highest BCUT2D eigenvalue weighted by Crippen LogP contribution is 2.45. The number of nitrogens with zero attached hydrogens (tertiary/aromatic N) is 2. The van der Waals surface area contributed by atoms with Crippen LogP contribution in [0.5, 0.6) is 0 Å². The fourth-order valence-corrected chi connectivity index (χ4v) is 4.91. The van der Waals surface area contributed by atoms with Gasteiger partial charge in [-0.15, -0.1) is 0 Å². The molecule has 0 spiro atoms. The number of hydrogen-bond acceptors (Lipinski definition) is 4. The van der Waals surface area contributed by atoms with E-state index in [-0.39, 0.29) is 34.1 Å². The van der Waals surface area contributed by atoms with E-state index in [1.807, 2.05) is 4.72 Å². The lowest BCUT2D eigenvalue weighted by Crippen LogP contribution is -2.63. The molecular weight excluding hydrogens is 478 g/mol. The molecule has 32 heavy (non-hydrogen) atoms. The molecule has 0 aliphatic heterocycles.